The van der Waals surface area contributed by atoms with E-state index in [9.17, 15) is 18.0 Å². The van der Waals surface area contributed by atoms with Crippen LogP contribution in [0.4, 0.5) is 5.69 Å². The highest BCUT2D eigenvalue weighted by molar-refractivity contribution is 7.92. The van der Waals surface area contributed by atoms with Gasteiger partial charge in [0.1, 0.15) is 5.75 Å². The van der Waals surface area contributed by atoms with Gasteiger partial charge >= 0.3 is 0 Å². The summed E-state index contributed by atoms with van der Waals surface area (Å²) in [5, 5.41) is 0.242. The molecular weight excluding hydrogens is 466 g/mol. The molecule has 0 bridgehead atoms. The number of halogens is 1. The lowest BCUT2D eigenvalue weighted by molar-refractivity contribution is -0.122. The van der Waals surface area contributed by atoms with Crippen LogP contribution in [0.2, 0.25) is 5.02 Å². The van der Waals surface area contributed by atoms with Crippen molar-refractivity contribution < 1.29 is 22.7 Å². The Kier molecular flexibility index (Phi) is 8.28. The maximum absolute atomic E-state index is 12.7. The van der Waals surface area contributed by atoms with Crippen molar-refractivity contribution in [2.24, 2.45) is 0 Å². The molecule has 3 aromatic rings. The number of hydrogen-bond acceptors (Lipinski definition) is 5. The van der Waals surface area contributed by atoms with E-state index in [0.717, 1.165) is 0 Å². The van der Waals surface area contributed by atoms with Gasteiger partial charge in [0.05, 0.1) is 22.2 Å². The number of nitrogens with one attached hydrogen (secondary N) is 3. The Morgan fingerprint density at radius 3 is 2.36 bits per heavy atom. The number of carbonyl (C=O) groups excluding carboxylic acids is 2. The zero-order chi connectivity index (χ0) is 23.7. The third-order valence-corrected chi connectivity index (χ3v) is 6.09. The monoisotopic (exact) mass is 487 g/mol. The van der Waals surface area contributed by atoms with Gasteiger partial charge in [-0.15, -0.1) is 0 Å². The van der Waals surface area contributed by atoms with Crippen LogP contribution in [0.1, 0.15) is 23.2 Å². The number of hydrazine groups is 1. The summed E-state index contributed by atoms with van der Waals surface area (Å²) < 4.78 is 33.2. The fraction of sp³-hybridized carbons (Fsp3) is 0.130. The predicted molar refractivity (Wildman–Crippen MR) is 125 cm³/mol. The first kappa shape index (κ1) is 24.1. The van der Waals surface area contributed by atoms with Crippen molar-refractivity contribution in [3.05, 3.63) is 89.4 Å². The molecule has 2 amide bonds. The summed E-state index contributed by atoms with van der Waals surface area (Å²) in [5.41, 5.74) is 4.87. The zero-order valence-corrected chi connectivity index (χ0v) is 19.0. The van der Waals surface area contributed by atoms with Crippen molar-refractivity contribution in [2.45, 2.75) is 17.7 Å². The van der Waals surface area contributed by atoms with Crippen LogP contribution in [0.25, 0.3) is 0 Å². The molecule has 3 aromatic carbocycles. The minimum absolute atomic E-state index is 0.0599. The van der Waals surface area contributed by atoms with Gasteiger partial charge in [0.2, 0.25) is 5.91 Å². The number of carbonyl (C=O) groups is 2. The Morgan fingerprint density at radius 1 is 0.879 bits per heavy atom. The molecule has 0 heterocycles. The fourth-order valence-electron chi connectivity index (χ4n) is 2.75. The topological polar surface area (TPSA) is 114 Å². The largest absolute Gasteiger partial charge is 0.494 e. The number of rotatable bonds is 9. The Hall–Kier alpha value is -3.56. The first-order valence-electron chi connectivity index (χ1n) is 9.99. The molecule has 0 fully saturated rings. The Labute approximate surface area is 196 Å². The molecule has 0 aliphatic heterocycles. The normalized spacial score (nSPS) is 10.8. The Morgan fingerprint density at radius 2 is 1.61 bits per heavy atom. The maximum atomic E-state index is 12.7. The lowest BCUT2D eigenvalue weighted by atomic mass is 10.2. The number of benzene rings is 3. The molecular formula is C23H22ClN3O5S. The maximum Gasteiger partial charge on any atom is 0.269 e. The van der Waals surface area contributed by atoms with Gasteiger partial charge in [0.25, 0.3) is 15.9 Å². The van der Waals surface area contributed by atoms with E-state index in [1.54, 1.807) is 18.2 Å². The third-order valence-electron chi connectivity index (χ3n) is 4.40. The van der Waals surface area contributed by atoms with Crippen molar-refractivity contribution in [3.63, 3.8) is 0 Å². The van der Waals surface area contributed by atoms with E-state index in [1.807, 2.05) is 30.3 Å². The van der Waals surface area contributed by atoms with Gasteiger partial charge in [0, 0.05) is 12.0 Å². The minimum atomic E-state index is -3.98. The average molecular weight is 488 g/mol. The highest BCUT2D eigenvalue weighted by atomic mass is 35.5. The fourth-order valence-corrected chi connectivity index (χ4v) is 4.12. The van der Waals surface area contributed by atoms with Gasteiger partial charge in [0.15, 0.2) is 0 Å². The second-order valence-corrected chi connectivity index (χ2v) is 8.97. The summed E-state index contributed by atoms with van der Waals surface area (Å²) in [6.07, 6.45) is 0.599. The van der Waals surface area contributed by atoms with Crippen LogP contribution in [0.5, 0.6) is 5.75 Å². The van der Waals surface area contributed by atoms with Gasteiger partial charge in [-0.25, -0.2) is 8.42 Å². The molecule has 0 atom stereocenters. The van der Waals surface area contributed by atoms with Gasteiger partial charge in [-0.3, -0.25) is 25.2 Å². The van der Waals surface area contributed by atoms with Crippen molar-refractivity contribution in [1.82, 2.24) is 10.9 Å². The highest BCUT2D eigenvalue weighted by Gasteiger charge is 2.18. The van der Waals surface area contributed by atoms with E-state index in [2.05, 4.69) is 15.6 Å². The van der Waals surface area contributed by atoms with Crippen LogP contribution in [-0.4, -0.2) is 26.8 Å². The first-order chi connectivity index (χ1) is 15.8. The average Bonchev–Trinajstić information content (AvgIpc) is 2.82. The molecule has 8 nitrogen and oxygen atoms in total. The number of amides is 2. The van der Waals surface area contributed by atoms with Crippen LogP contribution >= 0.6 is 11.6 Å². The summed E-state index contributed by atoms with van der Waals surface area (Å²) >= 11 is 6.01. The molecule has 172 valence electrons. The molecule has 0 saturated carbocycles. The number of para-hydroxylation sites is 2. The molecule has 3 N–H and O–H groups in total. The van der Waals surface area contributed by atoms with Gasteiger partial charge in [-0.05, 0) is 48.9 Å². The minimum Gasteiger partial charge on any atom is -0.494 e. The van der Waals surface area contributed by atoms with Crippen molar-refractivity contribution in [2.75, 3.05) is 11.3 Å². The van der Waals surface area contributed by atoms with Crippen LogP contribution < -0.4 is 20.3 Å². The van der Waals surface area contributed by atoms with Crippen LogP contribution in [0.15, 0.2) is 83.8 Å². The molecule has 0 saturated heterocycles. The lowest BCUT2D eigenvalue weighted by Gasteiger charge is -2.11. The number of hydrogen-bond donors (Lipinski definition) is 3. The van der Waals surface area contributed by atoms with Gasteiger partial charge in [-0.1, -0.05) is 48.0 Å². The second kappa shape index (κ2) is 11.3. The van der Waals surface area contributed by atoms with E-state index < -0.39 is 21.8 Å². The number of anilines is 1. The van der Waals surface area contributed by atoms with E-state index >= 15 is 0 Å². The zero-order valence-electron chi connectivity index (χ0n) is 17.5. The summed E-state index contributed by atoms with van der Waals surface area (Å²) in [5.74, 6) is -0.340. The van der Waals surface area contributed by atoms with Crippen LogP contribution in [0, 0.1) is 0 Å². The third kappa shape index (κ3) is 7.23. The van der Waals surface area contributed by atoms with E-state index in [1.165, 1.54) is 30.3 Å². The van der Waals surface area contributed by atoms with Crippen molar-refractivity contribution >= 4 is 39.1 Å². The van der Waals surface area contributed by atoms with E-state index in [-0.39, 0.29) is 27.6 Å². The molecule has 0 unspecified atom stereocenters. The molecule has 33 heavy (non-hydrogen) atoms. The highest BCUT2D eigenvalue weighted by Crippen LogP contribution is 2.24. The molecule has 0 radical (unpaired) electrons. The molecule has 0 aliphatic carbocycles. The number of ether oxygens (including phenoxy) is 1. The van der Waals surface area contributed by atoms with Crippen LogP contribution in [-0.2, 0) is 14.8 Å². The molecule has 0 spiro atoms. The number of sulfonamides is 1. The second-order valence-electron chi connectivity index (χ2n) is 6.88. The summed E-state index contributed by atoms with van der Waals surface area (Å²) in [7, 11) is -3.98. The van der Waals surface area contributed by atoms with E-state index in [0.29, 0.717) is 18.8 Å². The standard InChI is InChI=1S/C23H22ClN3O5S/c24-20-12-4-5-13-21(20)27-33(30,31)19-11-6-8-17(16-19)23(29)26-25-22(28)14-7-15-32-18-9-2-1-3-10-18/h1-6,8-13,16,27H,7,14-15H2,(H,25,28)(H,26,29). The smallest absolute Gasteiger partial charge is 0.269 e. The lowest BCUT2D eigenvalue weighted by Crippen LogP contribution is -2.41. The molecule has 10 heteroatoms. The predicted octanol–water partition coefficient (Wildman–Crippen LogP) is 3.76. The van der Waals surface area contributed by atoms with E-state index in [4.69, 9.17) is 16.3 Å². The van der Waals surface area contributed by atoms with Gasteiger partial charge in [-0.2, -0.15) is 0 Å². The van der Waals surface area contributed by atoms with Gasteiger partial charge < -0.3 is 4.74 Å². The van der Waals surface area contributed by atoms with Crippen LogP contribution in [0.3, 0.4) is 0 Å². The van der Waals surface area contributed by atoms with Crippen molar-refractivity contribution in [3.8, 4) is 5.75 Å². The summed E-state index contributed by atoms with van der Waals surface area (Å²) in [6, 6.07) is 21.0. The summed E-state index contributed by atoms with van der Waals surface area (Å²) in [6.45, 7) is 0.351. The molecule has 0 aliphatic rings. The molecule has 0 aromatic heterocycles. The summed E-state index contributed by atoms with van der Waals surface area (Å²) in [4.78, 5) is 24.2. The Bertz CT molecular complexity index is 1220. The first-order valence-corrected chi connectivity index (χ1v) is 11.9. The quantitative estimate of drug-likeness (QED) is 0.314. The van der Waals surface area contributed by atoms with Crippen molar-refractivity contribution in [1.29, 1.82) is 0 Å². The SMILES string of the molecule is O=C(CCCOc1ccccc1)NNC(=O)c1cccc(S(=O)(=O)Nc2ccccc2Cl)c1. The Balaban J connectivity index is 1.50. The molecule has 3 rings (SSSR count).